The minimum absolute atomic E-state index is 0.0874. The van der Waals surface area contributed by atoms with Crippen molar-refractivity contribution in [2.24, 2.45) is 0 Å². The fourth-order valence-electron chi connectivity index (χ4n) is 3.76. The third kappa shape index (κ3) is 3.45. The molecule has 29 heavy (non-hydrogen) atoms. The van der Waals surface area contributed by atoms with Gasteiger partial charge in [-0.1, -0.05) is 30.3 Å². The first-order valence-corrected chi connectivity index (χ1v) is 9.78. The molecule has 1 amide bonds. The molecule has 6 heteroatoms. The number of hydrogen-bond donors (Lipinski definition) is 0. The summed E-state index contributed by atoms with van der Waals surface area (Å²) in [6.45, 7) is 2.84. The van der Waals surface area contributed by atoms with Crippen LogP contribution >= 0.6 is 0 Å². The molecule has 2 aromatic carbocycles. The Balaban J connectivity index is 1.25. The third-order valence-corrected chi connectivity index (χ3v) is 5.39. The average Bonchev–Trinajstić information content (AvgIpc) is 3.33. The molecule has 3 heterocycles. The van der Waals surface area contributed by atoms with Crippen molar-refractivity contribution in [2.45, 2.75) is 0 Å². The SMILES string of the molecule is O=C(c1ccc2ccccc2c1)N1CCN(c2ccc(-n3cccc3)nn2)CC1. The topological polar surface area (TPSA) is 54.3 Å². The summed E-state index contributed by atoms with van der Waals surface area (Å²) in [5, 5.41) is 10.9. The van der Waals surface area contributed by atoms with Gasteiger partial charge in [-0.3, -0.25) is 4.79 Å². The molecule has 144 valence electrons. The zero-order valence-corrected chi connectivity index (χ0v) is 16.0. The molecule has 5 rings (SSSR count). The maximum absolute atomic E-state index is 12.9. The van der Waals surface area contributed by atoms with E-state index in [4.69, 9.17) is 0 Å². The van der Waals surface area contributed by atoms with Gasteiger partial charge in [-0.15, -0.1) is 10.2 Å². The molecule has 1 fully saturated rings. The molecule has 0 bridgehead atoms. The van der Waals surface area contributed by atoms with E-state index in [1.54, 1.807) is 0 Å². The van der Waals surface area contributed by atoms with Crippen LogP contribution in [0.3, 0.4) is 0 Å². The number of nitrogens with zero attached hydrogens (tertiary/aromatic N) is 5. The highest BCUT2D eigenvalue weighted by molar-refractivity contribution is 5.98. The van der Waals surface area contributed by atoms with Crippen LogP contribution in [0.1, 0.15) is 10.4 Å². The lowest BCUT2D eigenvalue weighted by Gasteiger charge is -2.35. The van der Waals surface area contributed by atoms with Crippen molar-refractivity contribution in [3.63, 3.8) is 0 Å². The average molecular weight is 383 g/mol. The molecule has 4 aromatic rings. The van der Waals surface area contributed by atoms with Crippen LogP contribution in [-0.4, -0.2) is 51.8 Å². The monoisotopic (exact) mass is 383 g/mol. The molecule has 0 spiro atoms. The maximum Gasteiger partial charge on any atom is 0.253 e. The van der Waals surface area contributed by atoms with Crippen LogP contribution < -0.4 is 4.90 Å². The lowest BCUT2D eigenvalue weighted by molar-refractivity contribution is 0.0746. The van der Waals surface area contributed by atoms with Crippen molar-refractivity contribution in [2.75, 3.05) is 31.1 Å². The normalized spacial score (nSPS) is 14.3. The standard InChI is InChI=1S/C23H21N5O/c29-23(20-8-7-18-5-1-2-6-19(18)17-20)28-15-13-27(14-16-28)22-10-9-21(24-25-22)26-11-3-4-12-26/h1-12,17H,13-16H2. The van der Waals surface area contributed by atoms with Gasteiger partial charge in [0, 0.05) is 44.1 Å². The van der Waals surface area contributed by atoms with E-state index in [1.807, 2.05) is 82.5 Å². The van der Waals surface area contributed by atoms with E-state index in [-0.39, 0.29) is 5.91 Å². The molecular formula is C23H21N5O. The van der Waals surface area contributed by atoms with Crippen molar-refractivity contribution in [1.29, 1.82) is 0 Å². The Hall–Kier alpha value is -3.67. The first-order valence-electron chi connectivity index (χ1n) is 9.78. The van der Waals surface area contributed by atoms with Crippen molar-refractivity contribution in [1.82, 2.24) is 19.7 Å². The Labute approximate surface area is 169 Å². The summed E-state index contributed by atoms with van der Waals surface area (Å²) in [6.07, 6.45) is 3.89. The van der Waals surface area contributed by atoms with E-state index < -0.39 is 0 Å². The van der Waals surface area contributed by atoms with Crippen LogP contribution in [0, 0.1) is 0 Å². The van der Waals surface area contributed by atoms with Gasteiger partial charge in [-0.05, 0) is 47.2 Å². The number of carbonyl (C=O) groups is 1. The molecule has 0 unspecified atom stereocenters. The van der Waals surface area contributed by atoms with E-state index >= 15 is 0 Å². The Bertz CT molecular complexity index is 1130. The van der Waals surface area contributed by atoms with E-state index in [2.05, 4.69) is 21.2 Å². The van der Waals surface area contributed by atoms with Crippen LogP contribution in [-0.2, 0) is 0 Å². The molecule has 1 aliphatic rings. The number of aromatic nitrogens is 3. The Morgan fingerprint density at radius 1 is 0.724 bits per heavy atom. The third-order valence-electron chi connectivity index (χ3n) is 5.39. The summed E-state index contributed by atoms with van der Waals surface area (Å²) in [5.41, 5.74) is 0.744. The molecule has 2 aromatic heterocycles. The molecule has 6 nitrogen and oxygen atoms in total. The largest absolute Gasteiger partial charge is 0.352 e. The van der Waals surface area contributed by atoms with Gasteiger partial charge in [0.25, 0.3) is 5.91 Å². The maximum atomic E-state index is 12.9. The minimum atomic E-state index is 0.0874. The summed E-state index contributed by atoms with van der Waals surface area (Å²) in [4.78, 5) is 17.0. The van der Waals surface area contributed by atoms with Crippen molar-refractivity contribution >= 4 is 22.5 Å². The number of carbonyl (C=O) groups excluding carboxylic acids is 1. The summed E-state index contributed by atoms with van der Waals surface area (Å²) >= 11 is 0. The molecule has 0 atom stereocenters. The van der Waals surface area contributed by atoms with Crippen LogP contribution in [0.5, 0.6) is 0 Å². The molecule has 0 aliphatic carbocycles. The van der Waals surface area contributed by atoms with Gasteiger partial charge in [-0.2, -0.15) is 0 Å². The summed E-state index contributed by atoms with van der Waals surface area (Å²) < 4.78 is 1.93. The van der Waals surface area contributed by atoms with Gasteiger partial charge in [0.05, 0.1) is 0 Å². The Kier molecular flexibility index (Phi) is 4.44. The highest BCUT2D eigenvalue weighted by atomic mass is 16.2. The summed E-state index contributed by atoms with van der Waals surface area (Å²) in [5.74, 6) is 1.73. The number of rotatable bonds is 3. The lowest BCUT2D eigenvalue weighted by atomic mass is 10.1. The number of anilines is 1. The van der Waals surface area contributed by atoms with Crippen LogP contribution in [0.4, 0.5) is 5.82 Å². The van der Waals surface area contributed by atoms with Crippen molar-refractivity contribution in [3.05, 3.63) is 84.7 Å². The molecule has 0 N–H and O–H groups in total. The fraction of sp³-hybridized carbons (Fsp3) is 0.174. The van der Waals surface area contributed by atoms with E-state index in [9.17, 15) is 4.79 Å². The Morgan fingerprint density at radius 3 is 2.14 bits per heavy atom. The quantitative estimate of drug-likeness (QED) is 0.544. The van der Waals surface area contributed by atoms with E-state index in [0.717, 1.165) is 41.1 Å². The van der Waals surface area contributed by atoms with Gasteiger partial charge in [0.2, 0.25) is 0 Å². The smallest absolute Gasteiger partial charge is 0.253 e. The Morgan fingerprint density at radius 2 is 1.41 bits per heavy atom. The molecule has 1 aliphatic heterocycles. The van der Waals surface area contributed by atoms with Gasteiger partial charge in [0.15, 0.2) is 11.6 Å². The highest BCUT2D eigenvalue weighted by Crippen LogP contribution is 2.19. The van der Waals surface area contributed by atoms with Crippen LogP contribution in [0.2, 0.25) is 0 Å². The van der Waals surface area contributed by atoms with Crippen LogP contribution in [0.15, 0.2) is 79.1 Å². The van der Waals surface area contributed by atoms with Crippen molar-refractivity contribution in [3.8, 4) is 5.82 Å². The molecule has 0 radical (unpaired) electrons. The summed E-state index contributed by atoms with van der Waals surface area (Å²) in [7, 11) is 0. The zero-order valence-electron chi connectivity index (χ0n) is 16.0. The van der Waals surface area contributed by atoms with E-state index in [0.29, 0.717) is 13.1 Å². The number of benzene rings is 2. The predicted molar refractivity (Wildman–Crippen MR) is 113 cm³/mol. The molecular weight excluding hydrogens is 362 g/mol. The second kappa shape index (κ2) is 7.39. The second-order valence-corrected chi connectivity index (χ2v) is 7.18. The minimum Gasteiger partial charge on any atom is -0.352 e. The highest BCUT2D eigenvalue weighted by Gasteiger charge is 2.23. The first kappa shape index (κ1) is 17.4. The van der Waals surface area contributed by atoms with Gasteiger partial charge >= 0.3 is 0 Å². The van der Waals surface area contributed by atoms with Gasteiger partial charge in [0.1, 0.15) is 0 Å². The molecule has 0 saturated carbocycles. The van der Waals surface area contributed by atoms with Crippen molar-refractivity contribution < 1.29 is 4.79 Å². The summed E-state index contributed by atoms with van der Waals surface area (Å²) in [6, 6.07) is 21.9. The number of piperazine rings is 1. The predicted octanol–water partition coefficient (Wildman–Crippen LogP) is 3.38. The number of hydrogen-bond acceptors (Lipinski definition) is 4. The first-order chi connectivity index (χ1) is 14.3. The molecule has 1 saturated heterocycles. The zero-order chi connectivity index (χ0) is 19.6. The number of amides is 1. The number of fused-ring (bicyclic) bond motifs is 1. The van der Waals surface area contributed by atoms with Crippen LogP contribution in [0.25, 0.3) is 16.6 Å². The van der Waals surface area contributed by atoms with Gasteiger partial charge in [-0.25, -0.2) is 0 Å². The second-order valence-electron chi connectivity index (χ2n) is 7.18. The van der Waals surface area contributed by atoms with E-state index in [1.165, 1.54) is 0 Å². The fourth-order valence-corrected chi connectivity index (χ4v) is 3.76. The lowest BCUT2D eigenvalue weighted by Crippen LogP contribution is -2.49. The van der Waals surface area contributed by atoms with Gasteiger partial charge < -0.3 is 14.4 Å².